The van der Waals surface area contributed by atoms with Crippen molar-refractivity contribution in [3.8, 4) is 0 Å². The van der Waals surface area contributed by atoms with Crippen molar-refractivity contribution in [1.29, 1.82) is 0 Å². The number of amides is 2. The van der Waals surface area contributed by atoms with E-state index in [1.165, 1.54) is 0 Å². The Hall–Kier alpha value is -2.12. The molecule has 1 unspecified atom stereocenters. The van der Waals surface area contributed by atoms with Gasteiger partial charge in [-0.2, -0.15) is 5.10 Å². The molecule has 1 aromatic heterocycles. The van der Waals surface area contributed by atoms with Crippen LogP contribution in [-0.2, 0) is 18.4 Å². The van der Waals surface area contributed by atoms with Crippen molar-refractivity contribution in [2.24, 2.45) is 7.05 Å². The fourth-order valence-corrected chi connectivity index (χ4v) is 1.65. The third-order valence-electron chi connectivity index (χ3n) is 2.45. The largest absolute Gasteiger partial charge is 0.481 e. The monoisotopic (exact) mass is 269 g/mol. The average molecular weight is 269 g/mol. The van der Waals surface area contributed by atoms with Crippen molar-refractivity contribution in [1.82, 2.24) is 25.4 Å². The molecule has 8 heteroatoms. The van der Waals surface area contributed by atoms with Gasteiger partial charge in [0.25, 0.3) is 0 Å². The van der Waals surface area contributed by atoms with Crippen LogP contribution in [0.4, 0.5) is 4.79 Å². The van der Waals surface area contributed by atoms with E-state index in [0.717, 1.165) is 6.42 Å². The Labute approximate surface area is 111 Å². The fraction of sp³-hybridized carbons (Fsp3) is 0.636. The molecule has 1 rings (SSSR count). The Morgan fingerprint density at radius 3 is 2.79 bits per heavy atom. The number of nitrogens with one attached hydrogen (secondary N) is 2. The van der Waals surface area contributed by atoms with Crippen molar-refractivity contribution in [2.45, 2.75) is 38.8 Å². The smallest absolute Gasteiger partial charge is 0.315 e. The highest BCUT2D eigenvalue weighted by molar-refractivity contribution is 5.75. The van der Waals surface area contributed by atoms with E-state index in [2.05, 4.69) is 20.7 Å². The first-order chi connectivity index (χ1) is 9.01. The molecule has 0 radical (unpaired) electrons. The van der Waals surface area contributed by atoms with Crippen LogP contribution in [0, 0.1) is 0 Å². The van der Waals surface area contributed by atoms with Crippen molar-refractivity contribution in [3.63, 3.8) is 0 Å². The summed E-state index contributed by atoms with van der Waals surface area (Å²) in [5.74, 6) is -0.423. The summed E-state index contributed by atoms with van der Waals surface area (Å²) >= 11 is 0. The molecule has 0 fully saturated rings. The fourth-order valence-electron chi connectivity index (χ4n) is 1.65. The zero-order valence-electron chi connectivity index (χ0n) is 11.1. The second kappa shape index (κ2) is 7.34. The summed E-state index contributed by atoms with van der Waals surface area (Å²) in [6, 6.07) is -0.772. The van der Waals surface area contributed by atoms with E-state index in [1.54, 1.807) is 18.1 Å². The molecular formula is C11H19N5O3. The van der Waals surface area contributed by atoms with Crippen molar-refractivity contribution in [2.75, 3.05) is 0 Å². The highest BCUT2D eigenvalue weighted by Crippen LogP contribution is 2.01. The van der Waals surface area contributed by atoms with Gasteiger partial charge < -0.3 is 15.7 Å². The molecule has 0 aliphatic heterocycles. The zero-order chi connectivity index (χ0) is 14.3. The van der Waals surface area contributed by atoms with Gasteiger partial charge in [-0.15, -0.1) is 0 Å². The lowest BCUT2D eigenvalue weighted by Crippen LogP contribution is -2.42. The van der Waals surface area contributed by atoms with E-state index < -0.39 is 12.0 Å². The molecule has 0 saturated carbocycles. The highest BCUT2D eigenvalue weighted by atomic mass is 16.4. The third kappa shape index (κ3) is 5.84. The number of hydrogen-bond donors (Lipinski definition) is 3. The number of carboxylic acids is 1. The van der Waals surface area contributed by atoms with E-state index in [-0.39, 0.29) is 19.0 Å². The minimum atomic E-state index is -0.926. The normalized spacial score (nSPS) is 11.9. The number of aliphatic carboxylic acids is 1. The van der Waals surface area contributed by atoms with Gasteiger partial charge in [-0.3, -0.25) is 9.48 Å². The standard InChI is InChI=1S/C11H19N5O3/c1-3-4-8(5-10(17)18)14-11(19)12-6-9-13-7-16(2)15-9/h7-8H,3-6H2,1-2H3,(H,17,18)(H2,12,14,19). The summed E-state index contributed by atoms with van der Waals surface area (Å²) in [5.41, 5.74) is 0. The van der Waals surface area contributed by atoms with Gasteiger partial charge >= 0.3 is 12.0 Å². The molecule has 8 nitrogen and oxygen atoms in total. The molecule has 2 amide bonds. The van der Waals surface area contributed by atoms with E-state index in [9.17, 15) is 9.59 Å². The Balaban J connectivity index is 2.37. The molecule has 106 valence electrons. The number of hydrogen-bond acceptors (Lipinski definition) is 4. The van der Waals surface area contributed by atoms with Crippen LogP contribution in [0.25, 0.3) is 0 Å². The Kier molecular flexibility index (Phi) is 5.77. The maximum Gasteiger partial charge on any atom is 0.315 e. The summed E-state index contributed by atoms with van der Waals surface area (Å²) in [6.07, 6.45) is 2.89. The van der Waals surface area contributed by atoms with Crippen LogP contribution < -0.4 is 10.6 Å². The summed E-state index contributed by atoms with van der Waals surface area (Å²) < 4.78 is 1.54. The van der Waals surface area contributed by atoms with Gasteiger partial charge in [0.05, 0.1) is 13.0 Å². The van der Waals surface area contributed by atoms with E-state index >= 15 is 0 Å². The highest BCUT2D eigenvalue weighted by Gasteiger charge is 2.15. The lowest BCUT2D eigenvalue weighted by atomic mass is 10.1. The second-order valence-corrected chi connectivity index (χ2v) is 4.24. The van der Waals surface area contributed by atoms with Gasteiger partial charge in [-0.05, 0) is 6.42 Å². The average Bonchev–Trinajstić information content (AvgIpc) is 2.72. The Morgan fingerprint density at radius 2 is 2.26 bits per heavy atom. The van der Waals surface area contributed by atoms with Gasteiger partial charge in [0.1, 0.15) is 6.33 Å². The van der Waals surface area contributed by atoms with Crippen molar-refractivity contribution < 1.29 is 14.7 Å². The first kappa shape index (κ1) is 14.9. The van der Waals surface area contributed by atoms with E-state index in [1.807, 2.05) is 6.92 Å². The van der Waals surface area contributed by atoms with Crippen LogP contribution in [0.1, 0.15) is 32.0 Å². The van der Waals surface area contributed by atoms with E-state index in [0.29, 0.717) is 12.2 Å². The molecule has 1 aromatic rings. The first-order valence-corrected chi connectivity index (χ1v) is 6.12. The molecule has 0 saturated heterocycles. The van der Waals surface area contributed by atoms with Gasteiger partial charge in [0.2, 0.25) is 0 Å². The first-order valence-electron chi connectivity index (χ1n) is 6.12. The van der Waals surface area contributed by atoms with Gasteiger partial charge in [0, 0.05) is 13.1 Å². The summed E-state index contributed by atoms with van der Waals surface area (Å²) in [5, 5.41) is 18.0. The number of nitrogens with zero attached hydrogens (tertiary/aromatic N) is 3. The van der Waals surface area contributed by atoms with Crippen LogP contribution in [0.15, 0.2) is 6.33 Å². The van der Waals surface area contributed by atoms with E-state index in [4.69, 9.17) is 5.11 Å². The maximum absolute atomic E-state index is 11.6. The molecule has 1 atom stereocenters. The zero-order valence-corrected chi connectivity index (χ0v) is 11.1. The molecule has 0 aliphatic rings. The molecule has 0 aromatic carbocycles. The second-order valence-electron chi connectivity index (χ2n) is 4.24. The number of urea groups is 1. The predicted octanol–water partition coefficient (Wildman–Crippen LogP) is 0.258. The van der Waals surface area contributed by atoms with Gasteiger partial charge in [-0.1, -0.05) is 13.3 Å². The molecule has 19 heavy (non-hydrogen) atoms. The molecule has 0 spiro atoms. The third-order valence-corrected chi connectivity index (χ3v) is 2.45. The topological polar surface area (TPSA) is 109 Å². The minimum Gasteiger partial charge on any atom is -0.481 e. The summed E-state index contributed by atoms with van der Waals surface area (Å²) in [4.78, 5) is 26.2. The summed E-state index contributed by atoms with van der Waals surface area (Å²) in [6.45, 7) is 2.14. The van der Waals surface area contributed by atoms with Crippen LogP contribution in [0.3, 0.4) is 0 Å². The van der Waals surface area contributed by atoms with Crippen LogP contribution in [-0.4, -0.2) is 37.9 Å². The van der Waals surface area contributed by atoms with Crippen LogP contribution in [0.2, 0.25) is 0 Å². The molecular weight excluding hydrogens is 250 g/mol. The van der Waals surface area contributed by atoms with Crippen molar-refractivity contribution in [3.05, 3.63) is 12.2 Å². The maximum atomic E-state index is 11.6. The molecule has 3 N–H and O–H groups in total. The number of carbonyl (C=O) groups excluding carboxylic acids is 1. The van der Waals surface area contributed by atoms with Crippen LogP contribution in [0.5, 0.6) is 0 Å². The molecule has 1 heterocycles. The number of carbonyl (C=O) groups is 2. The van der Waals surface area contributed by atoms with Gasteiger partial charge in [-0.25, -0.2) is 9.78 Å². The number of aromatic nitrogens is 3. The van der Waals surface area contributed by atoms with Gasteiger partial charge in [0.15, 0.2) is 5.82 Å². The Morgan fingerprint density at radius 1 is 1.53 bits per heavy atom. The van der Waals surface area contributed by atoms with Crippen molar-refractivity contribution >= 4 is 12.0 Å². The lowest BCUT2D eigenvalue weighted by Gasteiger charge is -2.16. The lowest BCUT2D eigenvalue weighted by molar-refractivity contribution is -0.137. The molecule has 0 aliphatic carbocycles. The Bertz CT molecular complexity index is 432. The number of aryl methyl sites for hydroxylation is 1. The predicted molar refractivity (Wildman–Crippen MR) is 67.3 cm³/mol. The number of carboxylic acid groups (broad SMARTS) is 1. The van der Waals surface area contributed by atoms with Crippen LogP contribution >= 0.6 is 0 Å². The molecule has 0 bridgehead atoms. The quantitative estimate of drug-likeness (QED) is 0.657. The SMILES string of the molecule is CCCC(CC(=O)O)NC(=O)NCc1ncn(C)n1. The number of rotatable bonds is 7. The summed E-state index contributed by atoms with van der Waals surface area (Å²) in [7, 11) is 1.74. The minimum absolute atomic E-state index is 0.0803.